The minimum Gasteiger partial charge on any atom is -0.300 e. The fraction of sp³-hybridized carbons (Fsp3) is 0.727. The molecule has 3 rings (SSSR count). The molecule has 1 aliphatic heterocycles. The molecule has 0 aromatic heterocycles. The smallest absolute Gasteiger partial charge is 0.243 e. The van der Waals surface area contributed by atoms with E-state index in [1.165, 1.54) is 12.8 Å². The third-order valence-electron chi connectivity index (χ3n) is 6.83. The Morgan fingerprint density at radius 3 is 2.29 bits per heavy atom. The lowest BCUT2D eigenvalue weighted by Gasteiger charge is -2.41. The summed E-state index contributed by atoms with van der Waals surface area (Å²) in [7, 11) is -1.65. The summed E-state index contributed by atoms with van der Waals surface area (Å²) in [6.45, 7) is 11.3. The second kappa shape index (κ2) is 9.03. The van der Waals surface area contributed by atoms with Gasteiger partial charge in [-0.05, 0) is 81.1 Å². The Morgan fingerprint density at radius 2 is 1.71 bits per heavy atom. The molecule has 0 radical (unpaired) electrons. The van der Waals surface area contributed by atoms with Crippen LogP contribution < -0.4 is 0 Å². The zero-order chi connectivity index (χ0) is 19.8. The van der Waals surface area contributed by atoms with Crippen LogP contribution in [0.2, 0.25) is 0 Å². The summed E-state index contributed by atoms with van der Waals surface area (Å²) >= 11 is 0. The number of halogens is 1. The Hall–Kier alpha value is -0.620. The second-order valence-corrected chi connectivity index (χ2v) is 11.6. The Kier molecular flexibility index (Phi) is 7.63. The fourth-order valence-corrected chi connectivity index (χ4v) is 6.37. The minimum atomic E-state index is -3.41. The van der Waals surface area contributed by atoms with Crippen molar-refractivity contribution in [2.75, 3.05) is 20.1 Å². The molecule has 1 saturated carbocycles. The highest BCUT2D eigenvalue weighted by atomic mass is 35.5. The first kappa shape index (κ1) is 23.7. The monoisotopic (exact) mass is 428 g/mol. The standard InChI is InChI=1S/C22H36N2O2S.ClH/c1-17-7-6-8-21(15-17)27(25,26)23(5)19-9-10-20(16-19)24-13-11-18(12-14-24)22(2,3)4;/h6-8,15,18-20H,9-14,16H2,1-5H3;1H/t19-,20+;/m0./s1. The van der Waals surface area contributed by atoms with E-state index in [9.17, 15) is 8.42 Å². The number of piperidine rings is 1. The van der Waals surface area contributed by atoms with E-state index in [-0.39, 0.29) is 18.4 Å². The maximum Gasteiger partial charge on any atom is 0.243 e. The van der Waals surface area contributed by atoms with Gasteiger partial charge in [0.2, 0.25) is 10.0 Å². The van der Waals surface area contributed by atoms with Crippen LogP contribution in [-0.2, 0) is 10.0 Å². The van der Waals surface area contributed by atoms with Gasteiger partial charge in [-0.15, -0.1) is 12.4 Å². The number of benzene rings is 1. The summed E-state index contributed by atoms with van der Waals surface area (Å²) in [5.41, 5.74) is 1.38. The van der Waals surface area contributed by atoms with Crippen molar-refractivity contribution >= 4 is 22.4 Å². The Balaban J connectivity index is 0.00000280. The Bertz CT molecular complexity index is 752. The van der Waals surface area contributed by atoms with Gasteiger partial charge in [-0.25, -0.2) is 8.42 Å². The molecule has 0 unspecified atom stereocenters. The van der Waals surface area contributed by atoms with Crippen LogP contribution in [0.4, 0.5) is 0 Å². The molecule has 2 aliphatic rings. The number of likely N-dealkylation sites (tertiary alicyclic amines) is 1. The van der Waals surface area contributed by atoms with Crippen LogP contribution in [0.25, 0.3) is 0 Å². The average molecular weight is 429 g/mol. The highest BCUT2D eigenvalue weighted by molar-refractivity contribution is 7.89. The van der Waals surface area contributed by atoms with Crippen molar-refractivity contribution < 1.29 is 8.42 Å². The number of aryl methyl sites for hydroxylation is 1. The van der Waals surface area contributed by atoms with Crippen LogP contribution in [-0.4, -0.2) is 49.8 Å². The summed E-state index contributed by atoms with van der Waals surface area (Å²) in [6.07, 6.45) is 5.57. The second-order valence-electron chi connectivity index (χ2n) is 9.63. The van der Waals surface area contributed by atoms with Gasteiger partial charge < -0.3 is 4.90 Å². The first-order valence-electron chi connectivity index (χ1n) is 10.4. The van der Waals surface area contributed by atoms with Gasteiger partial charge in [0.15, 0.2) is 0 Å². The fourth-order valence-electron chi connectivity index (χ4n) is 4.87. The van der Waals surface area contributed by atoms with Gasteiger partial charge in [-0.1, -0.05) is 32.9 Å². The first-order chi connectivity index (χ1) is 12.6. The molecule has 1 aliphatic carbocycles. The lowest BCUT2D eigenvalue weighted by Crippen LogP contribution is -2.44. The highest BCUT2D eigenvalue weighted by Gasteiger charge is 2.38. The topological polar surface area (TPSA) is 40.6 Å². The molecule has 1 saturated heterocycles. The third-order valence-corrected chi connectivity index (χ3v) is 8.73. The SMILES string of the molecule is Cc1cccc(S(=O)(=O)N(C)[C@H]2CC[C@@H](N3CCC(C(C)(C)C)CC3)C2)c1.Cl. The van der Waals surface area contributed by atoms with E-state index >= 15 is 0 Å². The number of nitrogens with zero attached hydrogens (tertiary/aromatic N) is 2. The molecular formula is C22H37ClN2O2S. The molecule has 4 nitrogen and oxygen atoms in total. The van der Waals surface area contributed by atoms with Crippen LogP contribution in [0.5, 0.6) is 0 Å². The van der Waals surface area contributed by atoms with Crippen molar-refractivity contribution in [1.29, 1.82) is 0 Å². The van der Waals surface area contributed by atoms with Crippen molar-refractivity contribution in [3.8, 4) is 0 Å². The largest absolute Gasteiger partial charge is 0.300 e. The van der Waals surface area contributed by atoms with Crippen molar-refractivity contribution in [2.24, 2.45) is 11.3 Å². The minimum absolute atomic E-state index is 0. The van der Waals surface area contributed by atoms with Crippen molar-refractivity contribution in [3.63, 3.8) is 0 Å². The molecule has 0 bridgehead atoms. The zero-order valence-corrected chi connectivity index (χ0v) is 19.7. The van der Waals surface area contributed by atoms with Gasteiger partial charge >= 0.3 is 0 Å². The van der Waals surface area contributed by atoms with Gasteiger partial charge in [0, 0.05) is 19.1 Å². The molecule has 0 amide bonds. The molecule has 0 spiro atoms. The number of hydrogen-bond acceptors (Lipinski definition) is 3. The van der Waals surface area contributed by atoms with Crippen LogP contribution in [0.15, 0.2) is 29.2 Å². The molecule has 160 valence electrons. The summed E-state index contributed by atoms with van der Waals surface area (Å²) < 4.78 is 27.7. The predicted molar refractivity (Wildman–Crippen MR) is 119 cm³/mol. The molecule has 1 aromatic carbocycles. The summed E-state index contributed by atoms with van der Waals surface area (Å²) in [4.78, 5) is 3.04. The summed E-state index contributed by atoms with van der Waals surface area (Å²) in [5.74, 6) is 0.801. The third kappa shape index (κ3) is 5.10. The maximum atomic E-state index is 13.0. The van der Waals surface area contributed by atoms with Crippen molar-refractivity contribution in [1.82, 2.24) is 9.21 Å². The highest BCUT2D eigenvalue weighted by Crippen LogP contribution is 2.37. The van der Waals surface area contributed by atoms with E-state index in [0.717, 1.165) is 43.8 Å². The lowest BCUT2D eigenvalue weighted by molar-refractivity contribution is 0.0827. The van der Waals surface area contributed by atoms with E-state index in [2.05, 4.69) is 25.7 Å². The molecule has 6 heteroatoms. The van der Waals surface area contributed by atoms with E-state index in [0.29, 0.717) is 16.4 Å². The first-order valence-corrected chi connectivity index (χ1v) is 11.8. The summed E-state index contributed by atoms with van der Waals surface area (Å²) in [5, 5.41) is 0. The molecule has 1 aromatic rings. The summed E-state index contributed by atoms with van der Waals surface area (Å²) in [6, 6.07) is 7.89. The average Bonchev–Trinajstić information content (AvgIpc) is 3.10. The molecule has 0 N–H and O–H groups in total. The van der Waals surface area contributed by atoms with Crippen LogP contribution in [0.3, 0.4) is 0 Å². The van der Waals surface area contributed by atoms with Crippen molar-refractivity contribution in [3.05, 3.63) is 29.8 Å². The molecular weight excluding hydrogens is 392 g/mol. The number of sulfonamides is 1. The quantitative estimate of drug-likeness (QED) is 0.696. The van der Waals surface area contributed by atoms with Crippen LogP contribution in [0, 0.1) is 18.3 Å². The Labute approximate surface area is 178 Å². The van der Waals surface area contributed by atoms with E-state index in [1.807, 2.05) is 19.1 Å². The molecule has 2 fully saturated rings. The van der Waals surface area contributed by atoms with Crippen molar-refractivity contribution in [2.45, 2.75) is 76.8 Å². The Morgan fingerprint density at radius 1 is 1.07 bits per heavy atom. The normalized spacial score (nSPS) is 25.1. The van der Waals surface area contributed by atoms with Gasteiger partial charge in [0.25, 0.3) is 0 Å². The van der Waals surface area contributed by atoms with E-state index < -0.39 is 10.0 Å². The van der Waals surface area contributed by atoms with Gasteiger partial charge in [-0.2, -0.15) is 4.31 Å². The number of hydrogen-bond donors (Lipinski definition) is 0. The van der Waals surface area contributed by atoms with E-state index in [4.69, 9.17) is 0 Å². The zero-order valence-electron chi connectivity index (χ0n) is 18.0. The van der Waals surface area contributed by atoms with Gasteiger partial charge in [0.1, 0.15) is 0 Å². The van der Waals surface area contributed by atoms with Crippen LogP contribution >= 0.6 is 12.4 Å². The van der Waals surface area contributed by atoms with Gasteiger partial charge in [0.05, 0.1) is 4.90 Å². The number of rotatable bonds is 4. The van der Waals surface area contributed by atoms with E-state index in [1.54, 1.807) is 23.5 Å². The maximum absolute atomic E-state index is 13.0. The molecule has 28 heavy (non-hydrogen) atoms. The molecule has 1 heterocycles. The molecule has 2 atom stereocenters. The van der Waals surface area contributed by atoms with Gasteiger partial charge in [-0.3, -0.25) is 0 Å². The lowest BCUT2D eigenvalue weighted by atomic mass is 9.75. The predicted octanol–water partition coefficient (Wildman–Crippen LogP) is 4.72. The van der Waals surface area contributed by atoms with Crippen LogP contribution in [0.1, 0.15) is 58.4 Å².